The van der Waals surface area contributed by atoms with E-state index in [2.05, 4.69) is 0 Å². The number of unbranched alkanes of at least 4 members (excludes halogenated alkanes) is 7. The summed E-state index contributed by atoms with van der Waals surface area (Å²) in [5, 5.41) is 27.5. The van der Waals surface area contributed by atoms with Crippen molar-refractivity contribution in [1.82, 2.24) is 0 Å². The Bertz CT molecular complexity index is 448. The average molecular weight is 326 g/mol. The lowest BCUT2D eigenvalue weighted by atomic mass is 10.1. The molecular formula is C17H26O4S. The van der Waals surface area contributed by atoms with Crippen LogP contribution in [0.15, 0.2) is 23.1 Å². The third kappa shape index (κ3) is 8.82. The molecule has 0 saturated heterocycles. The molecule has 0 aliphatic heterocycles. The van der Waals surface area contributed by atoms with Crippen LogP contribution >= 0.6 is 11.8 Å². The van der Waals surface area contributed by atoms with Gasteiger partial charge in [-0.25, -0.2) is 0 Å². The lowest BCUT2D eigenvalue weighted by Gasteiger charge is -2.05. The first-order valence-corrected chi connectivity index (χ1v) is 8.94. The number of hydrogen-bond acceptors (Lipinski definition) is 4. The van der Waals surface area contributed by atoms with Gasteiger partial charge in [-0.3, -0.25) is 4.79 Å². The zero-order chi connectivity index (χ0) is 16.2. The highest BCUT2D eigenvalue weighted by molar-refractivity contribution is 7.99. The molecule has 0 radical (unpaired) electrons. The molecule has 0 aromatic heterocycles. The number of phenols is 2. The van der Waals surface area contributed by atoms with Gasteiger partial charge in [0.25, 0.3) is 0 Å². The number of carboxylic acids is 1. The van der Waals surface area contributed by atoms with E-state index in [4.69, 9.17) is 5.11 Å². The number of carboxylic acid groups (broad SMARTS) is 1. The van der Waals surface area contributed by atoms with E-state index >= 15 is 0 Å². The van der Waals surface area contributed by atoms with Crippen LogP contribution in [0.25, 0.3) is 0 Å². The summed E-state index contributed by atoms with van der Waals surface area (Å²) in [6.45, 7) is 0. The molecule has 0 atom stereocenters. The summed E-state index contributed by atoms with van der Waals surface area (Å²) in [5.74, 6) is 0.651. The molecule has 0 spiro atoms. The Morgan fingerprint density at radius 2 is 1.50 bits per heavy atom. The summed E-state index contributed by atoms with van der Waals surface area (Å²) in [6, 6.07) is 4.59. The smallest absolute Gasteiger partial charge is 0.303 e. The molecule has 1 rings (SSSR count). The fraction of sp³-hybridized carbons (Fsp3) is 0.588. The SMILES string of the molecule is O=C(O)CCCCCCCCCCSc1cc(O)ccc1O. The molecule has 0 amide bonds. The molecule has 1 aromatic carbocycles. The first kappa shape index (κ1) is 18.7. The van der Waals surface area contributed by atoms with Gasteiger partial charge in [-0.15, -0.1) is 11.8 Å². The molecule has 0 fully saturated rings. The Hall–Kier alpha value is -1.36. The summed E-state index contributed by atoms with van der Waals surface area (Å²) >= 11 is 1.57. The average Bonchev–Trinajstić information content (AvgIpc) is 2.47. The van der Waals surface area contributed by atoms with Gasteiger partial charge in [0.15, 0.2) is 0 Å². The summed E-state index contributed by atoms with van der Waals surface area (Å²) in [7, 11) is 0. The van der Waals surface area contributed by atoms with Gasteiger partial charge in [-0.05, 0) is 36.8 Å². The first-order chi connectivity index (χ1) is 10.6. The molecule has 0 bridgehead atoms. The second kappa shape index (κ2) is 11.2. The predicted molar refractivity (Wildman–Crippen MR) is 89.7 cm³/mol. The van der Waals surface area contributed by atoms with Crippen LogP contribution in [0.4, 0.5) is 0 Å². The van der Waals surface area contributed by atoms with Gasteiger partial charge in [-0.2, -0.15) is 0 Å². The van der Waals surface area contributed by atoms with Crippen molar-refractivity contribution >= 4 is 17.7 Å². The minimum atomic E-state index is -0.699. The fourth-order valence-electron chi connectivity index (χ4n) is 2.24. The van der Waals surface area contributed by atoms with Crippen molar-refractivity contribution in [3.8, 4) is 11.5 Å². The molecule has 5 heteroatoms. The van der Waals surface area contributed by atoms with E-state index in [1.807, 2.05) is 0 Å². The highest BCUT2D eigenvalue weighted by Crippen LogP contribution is 2.32. The number of carbonyl (C=O) groups is 1. The Morgan fingerprint density at radius 1 is 0.909 bits per heavy atom. The zero-order valence-electron chi connectivity index (χ0n) is 13.0. The molecule has 22 heavy (non-hydrogen) atoms. The lowest BCUT2D eigenvalue weighted by molar-refractivity contribution is -0.137. The van der Waals surface area contributed by atoms with Crippen LogP contribution < -0.4 is 0 Å². The number of rotatable bonds is 12. The number of benzene rings is 1. The second-order valence-corrected chi connectivity index (χ2v) is 6.61. The van der Waals surface area contributed by atoms with Gasteiger partial charge < -0.3 is 15.3 Å². The van der Waals surface area contributed by atoms with E-state index in [0.717, 1.165) is 36.3 Å². The third-order valence-electron chi connectivity index (χ3n) is 3.49. The summed E-state index contributed by atoms with van der Waals surface area (Å²) in [5.41, 5.74) is 0. The van der Waals surface area contributed by atoms with E-state index in [-0.39, 0.29) is 11.5 Å². The summed E-state index contributed by atoms with van der Waals surface area (Å²) in [4.78, 5) is 11.1. The first-order valence-electron chi connectivity index (χ1n) is 7.96. The van der Waals surface area contributed by atoms with Gasteiger partial charge in [0.1, 0.15) is 11.5 Å². The molecule has 1 aromatic rings. The highest BCUT2D eigenvalue weighted by atomic mass is 32.2. The molecule has 0 saturated carbocycles. The largest absolute Gasteiger partial charge is 0.508 e. The third-order valence-corrected chi connectivity index (χ3v) is 4.62. The van der Waals surface area contributed by atoms with Crippen LogP contribution in [0.2, 0.25) is 0 Å². The normalized spacial score (nSPS) is 10.7. The van der Waals surface area contributed by atoms with Gasteiger partial charge in [0.05, 0.1) is 4.90 Å². The Morgan fingerprint density at radius 3 is 2.14 bits per heavy atom. The predicted octanol–water partition coefficient (Wildman–Crippen LogP) is 4.79. The van der Waals surface area contributed by atoms with Crippen LogP contribution in [0.5, 0.6) is 11.5 Å². The quantitative estimate of drug-likeness (QED) is 0.292. The van der Waals surface area contributed by atoms with Crippen molar-refractivity contribution in [3.63, 3.8) is 0 Å². The van der Waals surface area contributed by atoms with Gasteiger partial charge in [0.2, 0.25) is 0 Å². The molecule has 4 nitrogen and oxygen atoms in total. The number of hydrogen-bond donors (Lipinski definition) is 3. The number of thioether (sulfide) groups is 1. The summed E-state index contributed by atoms with van der Waals surface area (Å²) < 4.78 is 0. The molecule has 0 unspecified atom stereocenters. The Balaban J connectivity index is 1.93. The van der Waals surface area contributed by atoms with Crippen LogP contribution in [-0.2, 0) is 4.79 Å². The fourth-order valence-corrected chi connectivity index (χ4v) is 3.23. The van der Waals surface area contributed by atoms with Crippen LogP contribution in [0.3, 0.4) is 0 Å². The zero-order valence-corrected chi connectivity index (χ0v) is 13.8. The van der Waals surface area contributed by atoms with E-state index in [9.17, 15) is 15.0 Å². The van der Waals surface area contributed by atoms with Gasteiger partial charge in [-0.1, -0.05) is 38.5 Å². The van der Waals surface area contributed by atoms with Crippen molar-refractivity contribution in [2.75, 3.05) is 5.75 Å². The van der Waals surface area contributed by atoms with Crippen molar-refractivity contribution in [2.24, 2.45) is 0 Å². The molecule has 0 heterocycles. The van der Waals surface area contributed by atoms with E-state index in [1.165, 1.54) is 37.8 Å². The Labute approximate surface area is 136 Å². The number of aliphatic carboxylic acids is 1. The van der Waals surface area contributed by atoms with Crippen molar-refractivity contribution in [2.45, 2.75) is 62.7 Å². The molecule has 0 aliphatic rings. The standard InChI is InChI=1S/C17H26O4S/c18-14-10-11-15(19)16(13-14)22-12-8-6-4-2-1-3-5-7-9-17(20)21/h10-11,13,18-19H,1-9,12H2,(H,20,21). The topological polar surface area (TPSA) is 77.8 Å². The van der Waals surface area contributed by atoms with E-state index in [1.54, 1.807) is 17.8 Å². The maximum atomic E-state index is 10.3. The van der Waals surface area contributed by atoms with Crippen molar-refractivity contribution in [3.05, 3.63) is 18.2 Å². The monoisotopic (exact) mass is 326 g/mol. The van der Waals surface area contributed by atoms with Crippen LogP contribution in [-0.4, -0.2) is 27.0 Å². The lowest BCUT2D eigenvalue weighted by Crippen LogP contribution is -1.93. The minimum Gasteiger partial charge on any atom is -0.508 e. The van der Waals surface area contributed by atoms with Crippen molar-refractivity contribution in [1.29, 1.82) is 0 Å². The number of aromatic hydroxyl groups is 2. The Kier molecular flexibility index (Phi) is 9.55. The van der Waals surface area contributed by atoms with E-state index < -0.39 is 5.97 Å². The maximum Gasteiger partial charge on any atom is 0.303 e. The van der Waals surface area contributed by atoms with Crippen LogP contribution in [0, 0.1) is 0 Å². The minimum absolute atomic E-state index is 0.184. The van der Waals surface area contributed by atoms with Gasteiger partial charge >= 0.3 is 5.97 Å². The maximum absolute atomic E-state index is 10.3. The summed E-state index contributed by atoms with van der Waals surface area (Å²) in [6.07, 6.45) is 9.07. The van der Waals surface area contributed by atoms with Gasteiger partial charge in [0, 0.05) is 6.42 Å². The number of phenolic OH excluding ortho intramolecular Hbond substituents is 2. The molecule has 124 valence electrons. The van der Waals surface area contributed by atoms with Crippen LogP contribution in [0.1, 0.15) is 57.8 Å². The second-order valence-electron chi connectivity index (χ2n) is 5.47. The molecular weight excluding hydrogens is 300 g/mol. The highest BCUT2D eigenvalue weighted by Gasteiger charge is 2.03. The van der Waals surface area contributed by atoms with E-state index in [0.29, 0.717) is 6.42 Å². The molecule has 0 aliphatic carbocycles. The van der Waals surface area contributed by atoms with Crippen molar-refractivity contribution < 1.29 is 20.1 Å². The molecule has 3 N–H and O–H groups in total.